The highest BCUT2D eigenvalue weighted by Crippen LogP contribution is 1.77. The molecule has 3 nitrogen and oxygen atoms in total. The maximum Gasteiger partial charge on any atom is 0.418 e. The molecule has 1 rings (SSSR count). The van der Waals surface area contributed by atoms with Gasteiger partial charge >= 0.3 is 5.76 Å². The molecular formula is C5H6NO2. The van der Waals surface area contributed by atoms with Gasteiger partial charge in [-0.05, 0) is 6.92 Å². The quantitative estimate of drug-likeness (QED) is 0.522. The molecule has 0 bridgehead atoms. The molecule has 1 heterocycles. The molecule has 0 aromatic carbocycles. The lowest BCUT2D eigenvalue weighted by atomic mass is 10.7. The van der Waals surface area contributed by atoms with Crippen molar-refractivity contribution in [2.75, 3.05) is 0 Å². The summed E-state index contributed by atoms with van der Waals surface area (Å²) in [6.45, 7) is 3.92. The first-order valence-corrected chi connectivity index (χ1v) is 2.28. The van der Waals surface area contributed by atoms with Crippen LogP contribution in [-0.4, -0.2) is 4.57 Å². The van der Waals surface area contributed by atoms with Gasteiger partial charge in [0, 0.05) is 12.7 Å². The summed E-state index contributed by atoms with van der Waals surface area (Å²) in [4.78, 5) is 10.4. The van der Waals surface area contributed by atoms with Crippen LogP contribution in [0.4, 0.5) is 0 Å². The van der Waals surface area contributed by atoms with Gasteiger partial charge in [-0.1, -0.05) is 0 Å². The first-order chi connectivity index (χ1) is 3.84. The van der Waals surface area contributed by atoms with Crippen LogP contribution >= 0.6 is 0 Å². The van der Waals surface area contributed by atoms with Crippen molar-refractivity contribution in [3.63, 3.8) is 0 Å². The molecule has 1 aromatic rings. The van der Waals surface area contributed by atoms with E-state index in [-0.39, 0.29) is 5.76 Å². The molecule has 0 atom stereocenters. The molecule has 0 aliphatic rings. The molecule has 43 valence electrons. The topological polar surface area (TPSA) is 35.1 Å². The van der Waals surface area contributed by atoms with Crippen LogP contribution in [0.1, 0.15) is 0 Å². The average molecular weight is 112 g/mol. The number of hydrogen-bond acceptors (Lipinski definition) is 2. The van der Waals surface area contributed by atoms with Gasteiger partial charge < -0.3 is 4.42 Å². The fourth-order valence-electron chi connectivity index (χ4n) is 0.456. The Balaban J connectivity index is 3.11. The maximum atomic E-state index is 10.4. The monoisotopic (exact) mass is 112 g/mol. The van der Waals surface area contributed by atoms with Crippen molar-refractivity contribution in [1.82, 2.24) is 4.57 Å². The molecule has 0 unspecified atom stereocenters. The van der Waals surface area contributed by atoms with Gasteiger partial charge in [0.1, 0.15) is 6.26 Å². The van der Waals surface area contributed by atoms with Crippen LogP contribution in [0.5, 0.6) is 0 Å². The van der Waals surface area contributed by atoms with Crippen LogP contribution in [0, 0.1) is 6.92 Å². The summed E-state index contributed by atoms with van der Waals surface area (Å²) in [6, 6.07) is 0. The van der Waals surface area contributed by atoms with Gasteiger partial charge in [0.15, 0.2) is 0 Å². The molecule has 1 radical (unpaired) electrons. The van der Waals surface area contributed by atoms with Gasteiger partial charge in [0.05, 0.1) is 0 Å². The SMILES string of the molecule is [CH2]Cn1ccoc1=O. The van der Waals surface area contributed by atoms with E-state index in [1.165, 1.54) is 10.8 Å². The van der Waals surface area contributed by atoms with E-state index >= 15 is 0 Å². The predicted octanol–water partition coefficient (Wildman–Crippen LogP) is 0.275. The lowest BCUT2D eigenvalue weighted by Gasteiger charge is -1.85. The lowest BCUT2D eigenvalue weighted by molar-refractivity contribution is 0.488. The zero-order valence-electron chi connectivity index (χ0n) is 4.33. The Labute approximate surface area is 46.5 Å². The van der Waals surface area contributed by atoms with Gasteiger partial charge in [-0.25, -0.2) is 4.79 Å². The molecule has 0 saturated carbocycles. The summed E-state index contributed by atoms with van der Waals surface area (Å²) in [7, 11) is 0. The molecule has 0 amide bonds. The Bertz CT molecular complexity index is 210. The molecule has 8 heavy (non-hydrogen) atoms. The third-order valence-corrected chi connectivity index (χ3v) is 0.885. The van der Waals surface area contributed by atoms with Crippen LogP contribution < -0.4 is 5.76 Å². The molecule has 0 saturated heterocycles. The molecule has 0 fully saturated rings. The van der Waals surface area contributed by atoms with Crippen LogP contribution in [-0.2, 0) is 6.54 Å². The normalized spacial score (nSPS) is 9.62. The van der Waals surface area contributed by atoms with E-state index in [1.807, 2.05) is 0 Å². The Morgan fingerprint density at radius 1 is 1.88 bits per heavy atom. The number of rotatable bonds is 1. The molecule has 0 aliphatic carbocycles. The van der Waals surface area contributed by atoms with E-state index in [2.05, 4.69) is 11.3 Å². The zero-order chi connectivity index (χ0) is 5.98. The second kappa shape index (κ2) is 1.86. The van der Waals surface area contributed by atoms with E-state index in [0.29, 0.717) is 6.54 Å². The molecule has 3 heteroatoms. The Kier molecular flexibility index (Phi) is 1.20. The fraction of sp³-hybridized carbons (Fsp3) is 0.200. The summed E-state index contributed by atoms with van der Waals surface area (Å²) in [5, 5.41) is 0. The largest absolute Gasteiger partial charge is 0.418 e. The second-order valence-corrected chi connectivity index (χ2v) is 1.36. The van der Waals surface area contributed by atoms with E-state index < -0.39 is 0 Å². The number of oxazole rings is 1. The summed E-state index contributed by atoms with van der Waals surface area (Å²) < 4.78 is 5.80. The van der Waals surface area contributed by atoms with Crippen LogP contribution in [0.15, 0.2) is 21.7 Å². The minimum Gasteiger partial charge on any atom is -0.416 e. The average Bonchev–Trinajstić information content (AvgIpc) is 2.14. The first-order valence-electron chi connectivity index (χ1n) is 2.28. The molecule has 0 spiro atoms. The van der Waals surface area contributed by atoms with Gasteiger partial charge in [-0.2, -0.15) is 0 Å². The van der Waals surface area contributed by atoms with E-state index in [9.17, 15) is 4.79 Å². The van der Waals surface area contributed by atoms with Gasteiger partial charge in [-0.3, -0.25) is 4.57 Å². The van der Waals surface area contributed by atoms with Gasteiger partial charge in [0.25, 0.3) is 0 Å². The number of hydrogen-bond donors (Lipinski definition) is 0. The molecular weight excluding hydrogens is 106 g/mol. The van der Waals surface area contributed by atoms with Crippen molar-refractivity contribution in [2.24, 2.45) is 0 Å². The summed E-state index contributed by atoms with van der Waals surface area (Å²) >= 11 is 0. The second-order valence-electron chi connectivity index (χ2n) is 1.36. The maximum absolute atomic E-state index is 10.4. The predicted molar refractivity (Wildman–Crippen MR) is 28.3 cm³/mol. The van der Waals surface area contributed by atoms with Crippen molar-refractivity contribution in [1.29, 1.82) is 0 Å². The highest BCUT2D eigenvalue weighted by Gasteiger charge is 1.89. The van der Waals surface area contributed by atoms with Crippen LogP contribution in [0.2, 0.25) is 0 Å². The Morgan fingerprint density at radius 3 is 2.88 bits per heavy atom. The number of nitrogens with zero attached hydrogens (tertiary/aromatic N) is 1. The minimum absolute atomic E-state index is 0.347. The van der Waals surface area contributed by atoms with Gasteiger partial charge in [0.2, 0.25) is 0 Å². The highest BCUT2D eigenvalue weighted by atomic mass is 16.4. The van der Waals surface area contributed by atoms with Crippen molar-refractivity contribution in [3.8, 4) is 0 Å². The zero-order valence-corrected chi connectivity index (χ0v) is 4.33. The van der Waals surface area contributed by atoms with Crippen molar-refractivity contribution >= 4 is 0 Å². The Morgan fingerprint density at radius 2 is 2.62 bits per heavy atom. The highest BCUT2D eigenvalue weighted by molar-refractivity contribution is 4.69. The van der Waals surface area contributed by atoms with Gasteiger partial charge in [-0.15, -0.1) is 0 Å². The minimum atomic E-state index is -0.347. The van der Waals surface area contributed by atoms with E-state index in [4.69, 9.17) is 0 Å². The Hall–Kier alpha value is -0.990. The summed E-state index contributed by atoms with van der Waals surface area (Å²) in [5.41, 5.74) is 0. The van der Waals surface area contributed by atoms with Crippen molar-refractivity contribution in [3.05, 3.63) is 29.9 Å². The third kappa shape index (κ3) is 0.665. The standard InChI is InChI=1S/C5H6NO2/c1-2-6-3-4-8-5(6)7/h3-4H,1-2H2. The van der Waals surface area contributed by atoms with E-state index in [1.54, 1.807) is 6.20 Å². The first kappa shape index (κ1) is 5.15. The lowest BCUT2D eigenvalue weighted by Crippen LogP contribution is -2.11. The van der Waals surface area contributed by atoms with Crippen molar-refractivity contribution in [2.45, 2.75) is 6.54 Å². The molecule has 1 aromatic heterocycles. The summed E-state index contributed by atoms with van der Waals surface area (Å²) in [6.07, 6.45) is 2.89. The van der Waals surface area contributed by atoms with Crippen LogP contribution in [0.25, 0.3) is 0 Å². The fourth-order valence-corrected chi connectivity index (χ4v) is 0.456. The van der Waals surface area contributed by atoms with E-state index in [0.717, 1.165) is 0 Å². The molecule has 0 aliphatic heterocycles. The third-order valence-electron chi connectivity index (χ3n) is 0.885. The molecule has 0 N–H and O–H groups in total. The number of aromatic nitrogens is 1. The smallest absolute Gasteiger partial charge is 0.416 e. The van der Waals surface area contributed by atoms with Crippen LogP contribution in [0.3, 0.4) is 0 Å². The van der Waals surface area contributed by atoms with Crippen molar-refractivity contribution < 1.29 is 4.42 Å². The summed E-state index contributed by atoms with van der Waals surface area (Å²) in [5.74, 6) is -0.347.